The van der Waals surface area contributed by atoms with Crippen molar-refractivity contribution >= 4 is 40.9 Å². The molecule has 0 saturated carbocycles. The van der Waals surface area contributed by atoms with Crippen LogP contribution in [-0.4, -0.2) is 57.8 Å². The van der Waals surface area contributed by atoms with Gasteiger partial charge in [-0.1, -0.05) is 6.07 Å². The second-order valence-corrected chi connectivity index (χ2v) is 8.74. The maximum Gasteiger partial charge on any atom is 0.446 e. The molecule has 2 N–H and O–H groups in total. The van der Waals surface area contributed by atoms with E-state index in [0.717, 1.165) is 5.56 Å². The number of nitrogens with one attached hydrogen (secondary N) is 2. The van der Waals surface area contributed by atoms with E-state index in [0.29, 0.717) is 49.3 Å². The summed E-state index contributed by atoms with van der Waals surface area (Å²) < 4.78 is 37.3. The smallest absolute Gasteiger partial charge is 0.352 e. The minimum atomic E-state index is -4.34. The molecule has 0 aliphatic carbocycles. The highest BCUT2D eigenvalue weighted by Gasteiger charge is 2.29. The van der Waals surface area contributed by atoms with E-state index < -0.39 is 5.51 Å². The largest absolute Gasteiger partial charge is 0.446 e. The monoisotopic (exact) mass is 489 g/mol. The molecule has 3 heterocycles. The number of thioether (sulfide) groups is 1. The SMILES string of the molecule is Cc1ccc(Nc2ccc(N3CCN(C(=O)Nc4ccc(SC(F)(F)F)cc4)CC3)nn2)nc1. The molecule has 0 spiro atoms. The Labute approximate surface area is 198 Å². The van der Waals surface area contributed by atoms with E-state index in [-0.39, 0.29) is 22.7 Å². The van der Waals surface area contributed by atoms with E-state index in [1.807, 2.05) is 36.1 Å². The summed E-state index contributed by atoms with van der Waals surface area (Å²) in [5.41, 5.74) is -2.84. The van der Waals surface area contributed by atoms with Gasteiger partial charge in [0.2, 0.25) is 0 Å². The quantitative estimate of drug-likeness (QED) is 0.494. The number of aromatic nitrogens is 3. The number of carbonyl (C=O) groups is 1. The lowest BCUT2D eigenvalue weighted by Crippen LogP contribution is -2.50. The van der Waals surface area contributed by atoms with Crippen LogP contribution in [0, 0.1) is 6.92 Å². The number of hydrogen-bond acceptors (Lipinski definition) is 7. The highest BCUT2D eigenvalue weighted by atomic mass is 32.2. The molecule has 1 aliphatic rings. The molecule has 34 heavy (non-hydrogen) atoms. The number of urea groups is 1. The normalized spacial score (nSPS) is 14.1. The van der Waals surface area contributed by atoms with Crippen molar-refractivity contribution in [3.63, 3.8) is 0 Å². The fourth-order valence-electron chi connectivity index (χ4n) is 3.31. The predicted octanol–water partition coefficient (Wildman–Crippen LogP) is 4.89. The molecular formula is C22H22F3N7OS. The van der Waals surface area contributed by atoms with Gasteiger partial charge in [-0.3, -0.25) is 0 Å². The van der Waals surface area contributed by atoms with Gasteiger partial charge in [-0.25, -0.2) is 9.78 Å². The van der Waals surface area contributed by atoms with Crippen LogP contribution in [0.25, 0.3) is 0 Å². The van der Waals surface area contributed by atoms with Gasteiger partial charge < -0.3 is 20.4 Å². The Bertz CT molecular complexity index is 1100. The van der Waals surface area contributed by atoms with Crippen molar-refractivity contribution in [2.24, 2.45) is 0 Å². The highest BCUT2D eigenvalue weighted by molar-refractivity contribution is 8.00. The topological polar surface area (TPSA) is 86.3 Å². The van der Waals surface area contributed by atoms with Crippen LogP contribution in [0.4, 0.5) is 41.1 Å². The third-order valence-corrected chi connectivity index (χ3v) is 5.79. The second-order valence-electron chi connectivity index (χ2n) is 7.60. The number of anilines is 4. The molecule has 0 radical (unpaired) electrons. The lowest BCUT2D eigenvalue weighted by Gasteiger charge is -2.35. The third-order valence-electron chi connectivity index (χ3n) is 5.05. The molecule has 1 fully saturated rings. The van der Waals surface area contributed by atoms with Crippen LogP contribution >= 0.6 is 11.8 Å². The molecule has 12 heteroatoms. The summed E-state index contributed by atoms with van der Waals surface area (Å²) in [6, 6.07) is 12.8. The molecule has 0 bridgehead atoms. The van der Waals surface area contributed by atoms with Crippen LogP contribution in [0.1, 0.15) is 5.56 Å². The summed E-state index contributed by atoms with van der Waals surface area (Å²) in [4.78, 5) is 20.6. The number of piperazine rings is 1. The van der Waals surface area contributed by atoms with Gasteiger partial charge in [-0.15, -0.1) is 10.2 Å². The average Bonchev–Trinajstić information content (AvgIpc) is 2.81. The number of amides is 2. The van der Waals surface area contributed by atoms with E-state index in [4.69, 9.17) is 0 Å². The van der Waals surface area contributed by atoms with Crippen LogP contribution in [0.2, 0.25) is 0 Å². The van der Waals surface area contributed by atoms with Gasteiger partial charge in [0.25, 0.3) is 0 Å². The highest BCUT2D eigenvalue weighted by Crippen LogP contribution is 2.37. The van der Waals surface area contributed by atoms with Crippen LogP contribution in [0.5, 0.6) is 0 Å². The van der Waals surface area contributed by atoms with Crippen molar-refractivity contribution in [3.8, 4) is 0 Å². The van der Waals surface area contributed by atoms with Crippen molar-refractivity contribution < 1.29 is 18.0 Å². The molecule has 2 amide bonds. The minimum absolute atomic E-state index is 0.0663. The van der Waals surface area contributed by atoms with Crippen LogP contribution < -0.4 is 15.5 Å². The van der Waals surface area contributed by atoms with Gasteiger partial charge in [-0.05, 0) is 66.7 Å². The van der Waals surface area contributed by atoms with Gasteiger partial charge in [0.1, 0.15) is 5.82 Å². The summed E-state index contributed by atoms with van der Waals surface area (Å²) in [5.74, 6) is 1.97. The van der Waals surface area contributed by atoms with Gasteiger partial charge in [0.05, 0.1) is 0 Å². The molecule has 1 aromatic carbocycles. The lowest BCUT2D eigenvalue weighted by molar-refractivity contribution is -0.0328. The first-order valence-corrected chi connectivity index (χ1v) is 11.3. The fraction of sp³-hybridized carbons (Fsp3) is 0.273. The van der Waals surface area contributed by atoms with Gasteiger partial charge in [0, 0.05) is 43.0 Å². The summed E-state index contributed by atoms with van der Waals surface area (Å²) in [7, 11) is 0. The number of nitrogens with zero attached hydrogens (tertiary/aromatic N) is 5. The number of aryl methyl sites for hydroxylation is 1. The van der Waals surface area contributed by atoms with E-state index in [1.165, 1.54) is 24.3 Å². The standard InChI is InChI=1S/C22H22F3N7OS/c1-15-2-7-18(26-14-15)28-19-8-9-20(30-29-19)31-10-12-32(13-11-31)21(33)27-16-3-5-17(6-4-16)34-22(23,24)25/h2-9,14H,10-13H2,1H3,(H,27,33)(H,26,28,29). The zero-order chi connectivity index (χ0) is 24.1. The zero-order valence-electron chi connectivity index (χ0n) is 18.2. The molecule has 3 aromatic rings. The third kappa shape index (κ3) is 6.50. The lowest BCUT2D eigenvalue weighted by atomic mass is 10.3. The molecule has 0 atom stereocenters. The van der Waals surface area contributed by atoms with Crippen molar-refractivity contribution in [2.75, 3.05) is 41.7 Å². The fourth-order valence-corrected chi connectivity index (χ4v) is 3.85. The summed E-state index contributed by atoms with van der Waals surface area (Å²) in [6.45, 7) is 4.07. The van der Waals surface area contributed by atoms with Crippen molar-refractivity contribution in [1.29, 1.82) is 0 Å². The van der Waals surface area contributed by atoms with Crippen molar-refractivity contribution in [2.45, 2.75) is 17.3 Å². The minimum Gasteiger partial charge on any atom is -0.352 e. The first-order valence-electron chi connectivity index (χ1n) is 10.5. The van der Waals surface area contributed by atoms with E-state index >= 15 is 0 Å². The number of pyridine rings is 1. The van der Waals surface area contributed by atoms with Crippen molar-refractivity contribution in [1.82, 2.24) is 20.1 Å². The Hall–Kier alpha value is -3.54. The number of rotatable bonds is 5. The molecule has 0 unspecified atom stereocenters. The average molecular weight is 490 g/mol. The number of carbonyl (C=O) groups excluding carboxylic acids is 1. The molecule has 1 saturated heterocycles. The Morgan fingerprint density at radius 2 is 1.65 bits per heavy atom. The number of hydrogen-bond donors (Lipinski definition) is 2. The first kappa shape index (κ1) is 23.6. The molecule has 4 rings (SSSR count). The molecule has 178 valence electrons. The summed E-state index contributed by atoms with van der Waals surface area (Å²) >= 11 is -0.191. The van der Waals surface area contributed by atoms with Gasteiger partial charge >= 0.3 is 11.5 Å². The number of benzene rings is 1. The summed E-state index contributed by atoms with van der Waals surface area (Å²) in [5, 5.41) is 14.3. The predicted molar refractivity (Wildman–Crippen MR) is 125 cm³/mol. The maximum absolute atomic E-state index is 12.5. The molecule has 2 aromatic heterocycles. The van der Waals surface area contributed by atoms with Crippen LogP contribution in [-0.2, 0) is 0 Å². The number of halogens is 3. The van der Waals surface area contributed by atoms with Crippen LogP contribution in [0.3, 0.4) is 0 Å². The Kier molecular flexibility index (Phi) is 7.06. The number of alkyl halides is 3. The Morgan fingerprint density at radius 3 is 2.24 bits per heavy atom. The molecule has 8 nitrogen and oxygen atoms in total. The maximum atomic E-state index is 12.5. The van der Waals surface area contributed by atoms with Crippen LogP contribution in [0.15, 0.2) is 59.6 Å². The first-order chi connectivity index (χ1) is 16.2. The Balaban J connectivity index is 1.26. The molecule has 1 aliphatic heterocycles. The van der Waals surface area contributed by atoms with E-state index in [2.05, 4.69) is 25.8 Å². The summed E-state index contributed by atoms with van der Waals surface area (Å²) in [6.07, 6.45) is 1.77. The van der Waals surface area contributed by atoms with E-state index in [9.17, 15) is 18.0 Å². The van der Waals surface area contributed by atoms with Gasteiger partial charge in [0.15, 0.2) is 11.6 Å². The Morgan fingerprint density at radius 1 is 0.941 bits per heavy atom. The van der Waals surface area contributed by atoms with Gasteiger partial charge in [-0.2, -0.15) is 13.2 Å². The second kappa shape index (κ2) is 10.2. The van der Waals surface area contributed by atoms with E-state index in [1.54, 1.807) is 11.1 Å². The van der Waals surface area contributed by atoms with Crippen molar-refractivity contribution in [3.05, 3.63) is 60.3 Å². The zero-order valence-corrected chi connectivity index (χ0v) is 19.0. The molecular weight excluding hydrogens is 467 g/mol.